The molecule has 7 aromatic rings. The molecule has 45 heavy (non-hydrogen) atoms. The lowest BCUT2D eigenvalue weighted by Crippen LogP contribution is -2.15. The average Bonchev–Trinajstić information content (AvgIpc) is 3.37. The van der Waals surface area contributed by atoms with Crippen molar-refractivity contribution < 1.29 is 4.57 Å². The molecule has 0 radical (unpaired) electrons. The van der Waals surface area contributed by atoms with E-state index in [1.165, 1.54) is 0 Å². The van der Waals surface area contributed by atoms with Crippen LogP contribution in [0.5, 0.6) is 0 Å². The number of fused-ring (bicyclic) bond motifs is 2. The van der Waals surface area contributed by atoms with Gasteiger partial charge in [0.2, 0.25) is 0 Å². The van der Waals surface area contributed by atoms with Gasteiger partial charge in [0.1, 0.15) is 0 Å². The molecule has 0 spiro atoms. The topological polar surface area (TPSA) is 20.3 Å². The Bertz CT molecular complexity index is 2170. The average molecular weight is 596 g/mol. The van der Waals surface area contributed by atoms with Crippen LogP contribution < -0.4 is 15.5 Å². The normalized spacial score (nSPS) is 15.6. The molecule has 2 nitrogen and oxygen atoms in total. The molecule has 0 fully saturated rings. The molecule has 214 valence electrons. The van der Waals surface area contributed by atoms with Gasteiger partial charge in [0.05, 0.1) is 0 Å². The van der Waals surface area contributed by atoms with Crippen LogP contribution in [0.1, 0.15) is 16.7 Å². The maximum atomic E-state index is 16.0. The van der Waals surface area contributed by atoms with E-state index in [1.54, 1.807) is 0 Å². The second kappa shape index (κ2) is 11.2. The molecule has 1 atom stereocenters. The maximum Gasteiger partial charge on any atom is 0.172 e. The fourth-order valence-electron chi connectivity index (χ4n) is 6.59. The smallest absolute Gasteiger partial charge is 0.172 e. The Balaban J connectivity index is 1.38. The van der Waals surface area contributed by atoms with E-state index in [4.69, 9.17) is 0 Å². The van der Waals surface area contributed by atoms with Gasteiger partial charge in [-0.25, -0.2) is 0 Å². The number of rotatable bonds is 6. The summed E-state index contributed by atoms with van der Waals surface area (Å²) in [5.74, 6) is 0. The highest BCUT2D eigenvalue weighted by molar-refractivity contribution is 7.88. The third kappa shape index (κ3) is 4.63. The molecule has 0 N–H and O–H groups in total. The summed E-state index contributed by atoms with van der Waals surface area (Å²) in [6.45, 7) is 0. The number of para-hydroxylation sites is 2. The Hall–Kier alpha value is -5.43. The van der Waals surface area contributed by atoms with E-state index < -0.39 is 7.14 Å². The van der Waals surface area contributed by atoms with E-state index in [1.807, 2.05) is 54.6 Å². The zero-order valence-electron chi connectivity index (χ0n) is 24.6. The Morgan fingerprint density at radius 2 is 0.889 bits per heavy atom. The number of hydrogen-bond donors (Lipinski definition) is 0. The predicted octanol–water partition coefficient (Wildman–Crippen LogP) is 10.6. The van der Waals surface area contributed by atoms with Crippen molar-refractivity contribution in [2.75, 3.05) is 4.90 Å². The van der Waals surface area contributed by atoms with Crippen LogP contribution in [0.3, 0.4) is 0 Å². The standard InChI is InChI=1S/C42H30NOP/c44-45(38-23-11-4-12-24-38)40-30-34-18-14-13-17-33(34)29-39(40)41(31-15-5-1-6-16-31)42(45)32-25-27-37(28-26-32)43(35-19-7-2-8-20-35)36-21-9-3-10-22-36/h1-30H. The van der Waals surface area contributed by atoms with Crippen molar-refractivity contribution in [2.24, 2.45) is 0 Å². The molecule has 0 amide bonds. The van der Waals surface area contributed by atoms with Crippen LogP contribution in [-0.2, 0) is 4.57 Å². The van der Waals surface area contributed by atoms with Crippen LogP contribution in [0.25, 0.3) is 21.7 Å². The van der Waals surface area contributed by atoms with Gasteiger partial charge in [0.15, 0.2) is 7.14 Å². The molecule has 0 aromatic heterocycles. The molecule has 0 bridgehead atoms. The van der Waals surface area contributed by atoms with Crippen LogP contribution >= 0.6 is 7.14 Å². The Morgan fingerprint density at radius 1 is 0.422 bits per heavy atom. The fourth-order valence-corrected chi connectivity index (χ4v) is 9.88. The SMILES string of the molecule is O=P1(c2ccccc2)C(c2ccc(N(c3ccccc3)c3ccccc3)cc2)=C(c2ccccc2)c2cc3ccccc3cc21. The number of hydrogen-bond acceptors (Lipinski definition) is 2. The summed E-state index contributed by atoms with van der Waals surface area (Å²) in [7, 11) is -3.26. The third-order valence-corrected chi connectivity index (χ3v) is 11.8. The van der Waals surface area contributed by atoms with Gasteiger partial charge in [-0.1, -0.05) is 133 Å². The van der Waals surface area contributed by atoms with Crippen LogP contribution in [0.15, 0.2) is 182 Å². The lowest BCUT2D eigenvalue weighted by molar-refractivity contribution is 0.593. The molecule has 8 rings (SSSR count). The third-order valence-electron chi connectivity index (χ3n) is 8.63. The number of benzene rings is 7. The summed E-state index contributed by atoms with van der Waals surface area (Å²) < 4.78 is 16.0. The maximum absolute atomic E-state index is 16.0. The van der Waals surface area contributed by atoms with Crippen molar-refractivity contribution in [2.45, 2.75) is 0 Å². The van der Waals surface area contributed by atoms with Gasteiger partial charge >= 0.3 is 0 Å². The highest BCUT2D eigenvalue weighted by atomic mass is 31.2. The van der Waals surface area contributed by atoms with Crippen molar-refractivity contribution in [1.29, 1.82) is 0 Å². The highest BCUT2D eigenvalue weighted by Gasteiger charge is 2.43. The summed E-state index contributed by atoms with van der Waals surface area (Å²) in [5.41, 5.74) is 7.31. The lowest BCUT2D eigenvalue weighted by atomic mass is 9.94. The minimum atomic E-state index is -3.26. The second-order valence-electron chi connectivity index (χ2n) is 11.3. The van der Waals surface area contributed by atoms with E-state index in [9.17, 15) is 0 Å². The zero-order chi connectivity index (χ0) is 30.2. The summed E-state index contributed by atoms with van der Waals surface area (Å²) >= 11 is 0. The van der Waals surface area contributed by atoms with Gasteiger partial charge in [0, 0.05) is 38.6 Å². The molecule has 0 saturated carbocycles. The quantitative estimate of drug-likeness (QED) is 0.178. The molecule has 3 heteroatoms. The molecule has 1 heterocycles. The van der Waals surface area contributed by atoms with Crippen LogP contribution in [-0.4, -0.2) is 0 Å². The molecule has 1 aliphatic rings. The Morgan fingerprint density at radius 3 is 1.47 bits per heavy atom. The van der Waals surface area contributed by atoms with E-state index in [0.29, 0.717) is 0 Å². The van der Waals surface area contributed by atoms with Crippen molar-refractivity contribution in [3.05, 3.63) is 199 Å². The van der Waals surface area contributed by atoms with Crippen LogP contribution in [0.4, 0.5) is 17.1 Å². The minimum Gasteiger partial charge on any atom is -0.311 e. The first kappa shape index (κ1) is 27.1. The van der Waals surface area contributed by atoms with Crippen molar-refractivity contribution in [3.8, 4) is 0 Å². The second-order valence-corrected chi connectivity index (χ2v) is 14.0. The first-order valence-corrected chi connectivity index (χ1v) is 16.9. The number of anilines is 3. The largest absolute Gasteiger partial charge is 0.311 e. The Kier molecular flexibility index (Phi) is 6.78. The van der Waals surface area contributed by atoms with Crippen molar-refractivity contribution >= 4 is 56.5 Å². The monoisotopic (exact) mass is 595 g/mol. The summed E-state index contributed by atoms with van der Waals surface area (Å²) in [5, 5.41) is 4.88. The fraction of sp³-hybridized carbons (Fsp3) is 0. The highest BCUT2D eigenvalue weighted by Crippen LogP contribution is 2.65. The van der Waals surface area contributed by atoms with Gasteiger partial charge in [-0.2, -0.15) is 0 Å². The summed E-state index contributed by atoms with van der Waals surface area (Å²) in [6, 6.07) is 62.6. The molecular weight excluding hydrogens is 565 g/mol. The molecule has 1 unspecified atom stereocenters. The van der Waals surface area contributed by atoms with Crippen molar-refractivity contribution in [1.82, 2.24) is 0 Å². The van der Waals surface area contributed by atoms with Crippen molar-refractivity contribution in [3.63, 3.8) is 0 Å². The van der Waals surface area contributed by atoms with Crippen LogP contribution in [0, 0.1) is 0 Å². The van der Waals surface area contributed by atoms with E-state index >= 15 is 4.57 Å². The van der Waals surface area contributed by atoms with Gasteiger partial charge < -0.3 is 9.46 Å². The molecule has 0 saturated heterocycles. The predicted molar refractivity (Wildman–Crippen MR) is 191 cm³/mol. The Labute approximate surface area is 263 Å². The summed E-state index contributed by atoms with van der Waals surface area (Å²) in [6.07, 6.45) is 0. The van der Waals surface area contributed by atoms with E-state index in [0.717, 1.165) is 66.0 Å². The summed E-state index contributed by atoms with van der Waals surface area (Å²) in [4.78, 5) is 2.25. The van der Waals surface area contributed by atoms with Gasteiger partial charge in [-0.3, -0.25) is 0 Å². The first-order valence-electron chi connectivity index (χ1n) is 15.2. The first-order chi connectivity index (χ1) is 22.2. The molecule has 7 aromatic carbocycles. The van der Waals surface area contributed by atoms with E-state index in [2.05, 4.69) is 132 Å². The number of nitrogens with zero attached hydrogens (tertiary/aromatic N) is 1. The minimum absolute atomic E-state index is 0.849. The van der Waals surface area contributed by atoms with E-state index in [-0.39, 0.29) is 0 Å². The van der Waals surface area contributed by atoms with Gasteiger partial charge in [-0.05, 0) is 76.0 Å². The van der Waals surface area contributed by atoms with Gasteiger partial charge in [0.25, 0.3) is 0 Å². The zero-order valence-corrected chi connectivity index (χ0v) is 25.5. The van der Waals surface area contributed by atoms with Gasteiger partial charge in [-0.15, -0.1) is 0 Å². The lowest BCUT2D eigenvalue weighted by Gasteiger charge is -2.26. The molecular formula is C42H30NOP. The molecule has 0 aliphatic carbocycles. The molecule has 1 aliphatic heterocycles. The van der Waals surface area contributed by atoms with Crippen LogP contribution in [0.2, 0.25) is 0 Å².